The minimum absolute atomic E-state index is 0.282. The summed E-state index contributed by atoms with van der Waals surface area (Å²) in [7, 11) is 3.01. The zero-order valence-corrected chi connectivity index (χ0v) is 18.5. The number of carbonyl (C=O) groups excluding carboxylic acids is 2. The lowest BCUT2D eigenvalue weighted by Gasteiger charge is -2.12. The van der Waals surface area contributed by atoms with E-state index in [4.69, 9.17) is 9.47 Å². The summed E-state index contributed by atoms with van der Waals surface area (Å²) in [6.45, 7) is 0. The minimum atomic E-state index is -0.448. The van der Waals surface area contributed by atoms with Crippen LogP contribution in [0.2, 0.25) is 0 Å². The van der Waals surface area contributed by atoms with Gasteiger partial charge in [-0.15, -0.1) is 0 Å². The van der Waals surface area contributed by atoms with Crippen molar-refractivity contribution in [2.45, 2.75) is 0 Å². The molecule has 0 aliphatic carbocycles. The molecule has 0 saturated heterocycles. The lowest BCUT2D eigenvalue weighted by Crippen LogP contribution is -2.21. The molecule has 158 valence electrons. The van der Waals surface area contributed by atoms with Gasteiger partial charge in [-0.3, -0.25) is 9.59 Å². The van der Waals surface area contributed by atoms with Crippen molar-refractivity contribution in [2.24, 2.45) is 5.10 Å². The maximum atomic E-state index is 12.7. The average Bonchev–Trinajstić information content (AvgIpc) is 2.80. The number of amides is 2. The number of ether oxygens (including phenoxy) is 2. The van der Waals surface area contributed by atoms with Gasteiger partial charge in [0.05, 0.1) is 31.7 Å². The summed E-state index contributed by atoms with van der Waals surface area (Å²) >= 11 is 3.36. The molecule has 31 heavy (non-hydrogen) atoms. The molecule has 0 unspecified atom stereocenters. The Hall–Kier alpha value is -3.65. The molecule has 0 saturated carbocycles. The average molecular weight is 482 g/mol. The molecular weight excluding hydrogens is 462 g/mol. The molecule has 3 aromatic rings. The quantitative estimate of drug-likeness (QED) is 0.384. The molecule has 0 atom stereocenters. The van der Waals surface area contributed by atoms with Crippen LogP contribution in [0, 0.1) is 0 Å². The molecule has 0 aromatic heterocycles. The van der Waals surface area contributed by atoms with Crippen LogP contribution in [0.1, 0.15) is 26.3 Å². The van der Waals surface area contributed by atoms with Gasteiger partial charge in [0, 0.05) is 10.0 Å². The van der Waals surface area contributed by atoms with Crippen molar-refractivity contribution in [1.29, 1.82) is 0 Å². The highest BCUT2D eigenvalue weighted by Crippen LogP contribution is 2.28. The molecule has 3 aromatic carbocycles. The zero-order chi connectivity index (χ0) is 22.2. The van der Waals surface area contributed by atoms with E-state index in [1.807, 2.05) is 24.3 Å². The maximum absolute atomic E-state index is 12.7. The molecule has 3 rings (SSSR count). The Morgan fingerprint density at radius 3 is 2.32 bits per heavy atom. The summed E-state index contributed by atoms with van der Waals surface area (Å²) in [6.07, 6.45) is 1.54. The van der Waals surface area contributed by atoms with Crippen LogP contribution in [-0.2, 0) is 0 Å². The molecule has 2 amide bonds. The van der Waals surface area contributed by atoms with Crippen molar-refractivity contribution in [3.63, 3.8) is 0 Å². The van der Waals surface area contributed by atoms with E-state index in [9.17, 15) is 9.59 Å². The van der Waals surface area contributed by atoms with Gasteiger partial charge >= 0.3 is 0 Å². The molecule has 0 aliphatic rings. The number of para-hydroxylation sites is 1. The number of rotatable bonds is 7. The molecule has 0 aliphatic heterocycles. The van der Waals surface area contributed by atoms with Gasteiger partial charge in [0.15, 0.2) is 11.5 Å². The fraction of sp³-hybridized carbons (Fsp3) is 0.0870. The van der Waals surface area contributed by atoms with Crippen molar-refractivity contribution in [3.8, 4) is 11.5 Å². The highest BCUT2D eigenvalue weighted by atomic mass is 79.9. The van der Waals surface area contributed by atoms with Crippen molar-refractivity contribution in [2.75, 3.05) is 19.5 Å². The van der Waals surface area contributed by atoms with Crippen molar-refractivity contribution in [1.82, 2.24) is 5.43 Å². The number of carbonyl (C=O) groups is 2. The van der Waals surface area contributed by atoms with Crippen molar-refractivity contribution >= 4 is 39.6 Å². The Balaban J connectivity index is 1.73. The number of nitrogens with one attached hydrogen (secondary N) is 2. The smallest absolute Gasteiger partial charge is 0.273 e. The number of anilines is 1. The van der Waals surface area contributed by atoms with Gasteiger partial charge in [-0.1, -0.05) is 40.2 Å². The SMILES string of the molecule is COc1ccc(C(=O)Nc2ccccc2C(=O)NN=Cc2ccc(Br)cc2)cc1OC. The summed E-state index contributed by atoms with van der Waals surface area (Å²) in [4.78, 5) is 25.3. The molecule has 0 radical (unpaired) electrons. The summed E-state index contributed by atoms with van der Waals surface area (Å²) in [5.74, 6) is 0.113. The number of benzene rings is 3. The van der Waals surface area contributed by atoms with Gasteiger partial charge in [0.25, 0.3) is 11.8 Å². The third-order valence-corrected chi connectivity index (χ3v) is 4.84. The monoisotopic (exact) mass is 481 g/mol. The standard InChI is InChI=1S/C23H20BrN3O4/c1-30-20-12-9-16(13-21(20)31-2)22(28)26-19-6-4-3-5-18(19)23(29)27-25-14-15-7-10-17(24)11-8-15/h3-14H,1-2H3,(H,26,28)(H,27,29). The van der Waals surface area contributed by atoms with Crippen molar-refractivity contribution in [3.05, 3.63) is 87.9 Å². The number of hydrazone groups is 1. The predicted octanol–water partition coefficient (Wildman–Crippen LogP) is 4.48. The zero-order valence-electron chi connectivity index (χ0n) is 16.9. The first-order valence-corrected chi connectivity index (χ1v) is 10.0. The second kappa shape index (κ2) is 10.4. The molecule has 0 bridgehead atoms. The van der Waals surface area contributed by atoms with E-state index in [0.29, 0.717) is 22.7 Å². The number of methoxy groups -OCH3 is 2. The molecular formula is C23H20BrN3O4. The molecule has 0 heterocycles. The maximum Gasteiger partial charge on any atom is 0.273 e. The van der Waals surface area contributed by atoms with Crippen LogP contribution in [0.15, 0.2) is 76.3 Å². The van der Waals surface area contributed by atoms with Crippen LogP contribution in [0.25, 0.3) is 0 Å². The van der Waals surface area contributed by atoms with E-state index in [0.717, 1.165) is 10.0 Å². The Morgan fingerprint density at radius 2 is 1.61 bits per heavy atom. The highest BCUT2D eigenvalue weighted by Gasteiger charge is 2.15. The second-order valence-electron chi connectivity index (χ2n) is 6.32. The predicted molar refractivity (Wildman–Crippen MR) is 123 cm³/mol. The fourth-order valence-corrected chi connectivity index (χ4v) is 3.00. The van der Waals surface area contributed by atoms with Gasteiger partial charge in [-0.25, -0.2) is 5.43 Å². The van der Waals surface area contributed by atoms with E-state index in [-0.39, 0.29) is 11.5 Å². The van der Waals surface area contributed by atoms with E-state index in [1.165, 1.54) is 20.4 Å². The number of hydrogen-bond donors (Lipinski definition) is 2. The van der Waals surface area contributed by atoms with Crippen LogP contribution >= 0.6 is 15.9 Å². The fourth-order valence-electron chi connectivity index (χ4n) is 2.74. The van der Waals surface area contributed by atoms with Gasteiger partial charge in [0.2, 0.25) is 0 Å². The van der Waals surface area contributed by atoms with Gasteiger partial charge in [-0.05, 0) is 48.0 Å². The van der Waals surface area contributed by atoms with Crippen LogP contribution in [0.5, 0.6) is 11.5 Å². The highest BCUT2D eigenvalue weighted by molar-refractivity contribution is 9.10. The van der Waals surface area contributed by atoms with E-state index in [1.54, 1.807) is 42.5 Å². The lowest BCUT2D eigenvalue weighted by molar-refractivity contribution is 0.0956. The lowest BCUT2D eigenvalue weighted by atomic mass is 10.1. The summed E-state index contributed by atoms with van der Waals surface area (Å²) in [5, 5.41) is 6.74. The Bertz CT molecular complexity index is 1110. The summed E-state index contributed by atoms with van der Waals surface area (Å²) in [6, 6.07) is 19.0. The number of nitrogens with zero attached hydrogens (tertiary/aromatic N) is 1. The molecule has 7 nitrogen and oxygen atoms in total. The number of hydrogen-bond acceptors (Lipinski definition) is 5. The summed E-state index contributed by atoms with van der Waals surface area (Å²) < 4.78 is 11.4. The Morgan fingerprint density at radius 1 is 0.903 bits per heavy atom. The first-order chi connectivity index (χ1) is 15.0. The van der Waals surface area contributed by atoms with E-state index in [2.05, 4.69) is 31.8 Å². The molecule has 0 spiro atoms. The normalized spacial score (nSPS) is 10.5. The van der Waals surface area contributed by atoms with Gasteiger partial charge in [0.1, 0.15) is 0 Å². The van der Waals surface area contributed by atoms with E-state index < -0.39 is 5.91 Å². The first kappa shape index (κ1) is 22.0. The summed E-state index contributed by atoms with van der Waals surface area (Å²) in [5.41, 5.74) is 4.32. The minimum Gasteiger partial charge on any atom is -0.493 e. The van der Waals surface area contributed by atoms with Crippen LogP contribution in [0.3, 0.4) is 0 Å². The van der Waals surface area contributed by atoms with Crippen LogP contribution in [-0.4, -0.2) is 32.2 Å². The van der Waals surface area contributed by atoms with E-state index >= 15 is 0 Å². The molecule has 0 fully saturated rings. The molecule has 8 heteroatoms. The Kier molecular flexibility index (Phi) is 7.40. The first-order valence-electron chi connectivity index (χ1n) is 9.23. The van der Waals surface area contributed by atoms with Crippen molar-refractivity contribution < 1.29 is 19.1 Å². The van der Waals surface area contributed by atoms with Crippen LogP contribution < -0.4 is 20.2 Å². The van der Waals surface area contributed by atoms with Gasteiger partial charge in [-0.2, -0.15) is 5.10 Å². The third-order valence-electron chi connectivity index (χ3n) is 4.32. The van der Waals surface area contributed by atoms with Crippen LogP contribution in [0.4, 0.5) is 5.69 Å². The Labute approximate surface area is 188 Å². The largest absolute Gasteiger partial charge is 0.493 e. The second-order valence-corrected chi connectivity index (χ2v) is 7.24. The van der Waals surface area contributed by atoms with Gasteiger partial charge < -0.3 is 14.8 Å². The topological polar surface area (TPSA) is 89.0 Å². The number of halogens is 1. The molecule has 2 N–H and O–H groups in total. The third kappa shape index (κ3) is 5.70.